The molecule has 4 aromatic carbocycles. The first kappa shape index (κ1) is 38.0. The Balaban J connectivity index is 0.000000264. The molecule has 0 bridgehead atoms. The van der Waals surface area contributed by atoms with Crippen LogP contribution in [0.4, 0.5) is 0 Å². The van der Waals surface area contributed by atoms with Gasteiger partial charge in [-0.3, -0.25) is 19.4 Å². The first-order valence-corrected chi connectivity index (χ1v) is 15.7. The van der Waals surface area contributed by atoms with Gasteiger partial charge in [0.25, 0.3) is 0 Å². The van der Waals surface area contributed by atoms with E-state index in [4.69, 9.17) is 37.9 Å². The number of nitrogens with two attached hydrogens (primary N) is 2. The largest absolute Gasteiger partial charge is 0.524 e. The van der Waals surface area contributed by atoms with Gasteiger partial charge in [-0.15, -0.1) is 6.42 Å². The lowest BCUT2D eigenvalue weighted by molar-refractivity contribution is -0.139. The fourth-order valence-electron chi connectivity index (χ4n) is 3.66. The second-order valence-electron chi connectivity index (χ2n) is 10.3. The number of carbonyl (C=O) groups is 2. The van der Waals surface area contributed by atoms with E-state index in [-0.39, 0.29) is 12.2 Å². The minimum atomic E-state index is -4.56. The summed E-state index contributed by atoms with van der Waals surface area (Å²) in [5, 5.41) is 17.4. The Morgan fingerprint density at radius 2 is 1.02 bits per heavy atom. The molecule has 10 nitrogen and oxygen atoms in total. The summed E-state index contributed by atoms with van der Waals surface area (Å²) in [4.78, 5) is 38.3. The SMILES string of the molecule is C#Cc1ccc(C)cc1.Cc1ccc(C#Cc2ccc(CC(N)C(=O)O)cc2)cc1.NC(Cc1ccc(OP(=O)(O)O)cc1)C(=O)O. The van der Waals surface area contributed by atoms with Crippen molar-refractivity contribution in [1.29, 1.82) is 0 Å². The Morgan fingerprint density at radius 3 is 1.36 bits per heavy atom. The van der Waals surface area contributed by atoms with Gasteiger partial charge in [-0.25, -0.2) is 4.57 Å². The molecule has 0 aliphatic rings. The predicted molar refractivity (Wildman–Crippen MR) is 180 cm³/mol. The number of benzene rings is 4. The second kappa shape index (κ2) is 18.7. The van der Waals surface area contributed by atoms with Crippen LogP contribution in [-0.2, 0) is 27.0 Å². The highest BCUT2D eigenvalue weighted by molar-refractivity contribution is 7.46. The van der Waals surface area contributed by atoms with Gasteiger partial charge in [-0.05, 0) is 86.3 Å². The Kier molecular flexibility index (Phi) is 15.1. The molecule has 0 radical (unpaired) electrons. The van der Waals surface area contributed by atoms with Gasteiger partial charge in [-0.1, -0.05) is 77.4 Å². The maximum absolute atomic E-state index is 10.7. The van der Waals surface area contributed by atoms with Crippen LogP contribution in [0.25, 0.3) is 0 Å². The van der Waals surface area contributed by atoms with E-state index in [2.05, 4.69) is 22.3 Å². The molecule has 0 saturated carbocycles. The Morgan fingerprint density at radius 1 is 0.681 bits per heavy atom. The van der Waals surface area contributed by atoms with Crippen molar-refractivity contribution in [2.45, 2.75) is 38.8 Å². The van der Waals surface area contributed by atoms with Crippen LogP contribution in [0.3, 0.4) is 0 Å². The lowest BCUT2D eigenvalue weighted by Gasteiger charge is -2.09. The molecule has 2 unspecified atom stereocenters. The number of carboxylic acids is 2. The van der Waals surface area contributed by atoms with E-state index in [0.717, 1.165) is 22.3 Å². The van der Waals surface area contributed by atoms with E-state index in [1.165, 1.54) is 35.4 Å². The van der Waals surface area contributed by atoms with Gasteiger partial charge in [0.05, 0.1) is 0 Å². The molecule has 0 aliphatic heterocycles. The highest BCUT2D eigenvalue weighted by Gasteiger charge is 2.16. The number of phosphoric acid groups is 1. The summed E-state index contributed by atoms with van der Waals surface area (Å²) in [6.07, 6.45) is 5.60. The lowest BCUT2D eigenvalue weighted by atomic mass is 10.0. The first-order chi connectivity index (χ1) is 22.1. The Bertz CT molecular complexity index is 1750. The van der Waals surface area contributed by atoms with E-state index in [9.17, 15) is 14.2 Å². The van der Waals surface area contributed by atoms with E-state index >= 15 is 0 Å². The Hall–Kier alpha value is -5.19. The zero-order valence-electron chi connectivity index (χ0n) is 25.9. The molecule has 47 heavy (non-hydrogen) atoms. The summed E-state index contributed by atoms with van der Waals surface area (Å²) in [5.41, 5.74) is 17.6. The molecule has 0 spiro atoms. The van der Waals surface area contributed by atoms with Crippen LogP contribution < -0.4 is 16.0 Å². The molecule has 0 fully saturated rings. The van der Waals surface area contributed by atoms with Crippen LogP contribution in [0.1, 0.15) is 38.9 Å². The zero-order valence-corrected chi connectivity index (χ0v) is 26.8. The molecular formula is C36H37N2O8P. The van der Waals surface area contributed by atoms with Crippen molar-refractivity contribution in [3.8, 4) is 29.9 Å². The van der Waals surface area contributed by atoms with Crippen molar-refractivity contribution in [3.63, 3.8) is 0 Å². The molecule has 0 amide bonds. The summed E-state index contributed by atoms with van der Waals surface area (Å²) in [7, 11) is -4.56. The standard InChI is InChI=1S/C18H17NO2.C9H12NO6P.C9H8/c1-13-2-4-14(5-3-13)6-7-15-8-10-16(11-9-15)12-17(19)18(20)21;10-8(9(11)12)5-6-1-3-7(4-2-6)16-17(13,14)15;1-3-9-6-4-8(2)5-7-9/h2-5,8-11,17H,12,19H2,1H3,(H,20,21);1-4,8H,5,10H2,(H,11,12)(H2,13,14,15);1,4-7H,2H3. The normalized spacial score (nSPS) is 11.4. The zero-order chi connectivity index (χ0) is 35.0. The third kappa shape index (κ3) is 15.6. The van der Waals surface area contributed by atoms with Crippen LogP contribution in [0.2, 0.25) is 0 Å². The van der Waals surface area contributed by atoms with Crippen LogP contribution >= 0.6 is 7.82 Å². The summed E-state index contributed by atoms with van der Waals surface area (Å²) in [6, 6.07) is 27.2. The third-order valence-corrected chi connectivity index (χ3v) is 6.72. The smallest absolute Gasteiger partial charge is 0.480 e. The van der Waals surface area contributed by atoms with E-state index < -0.39 is 31.8 Å². The van der Waals surface area contributed by atoms with Gasteiger partial charge in [0, 0.05) is 16.7 Å². The van der Waals surface area contributed by atoms with Crippen molar-refractivity contribution in [3.05, 3.63) is 136 Å². The van der Waals surface area contributed by atoms with Gasteiger partial charge in [0.1, 0.15) is 17.8 Å². The molecule has 0 aromatic heterocycles. The van der Waals surface area contributed by atoms with Crippen LogP contribution in [0, 0.1) is 38.0 Å². The van der Waals surface area contributed by atoms with Gasteiger partial charge in [-0.2, -0.15) is 0 Å². The summed E-state index contributed by atoms with van der Waals surface area (Å²) in [6.45, 7) is 4.08. The summed E-state index contributed by atoms with van der Waals surface area (Å²) in [5.74, 6) is 6.65. The summed E-state index contributed by atoms with van der Waals surface area (Å²) < 4.78 is 14.9. The number of aryl methyl sites for hydroxylation is 2. The van der Waals surface area contributed by atoms with Crippen molar-refractivity contribution < 1.29 is 38.7 Å². The molecular weight excluding hydrogens is 619 g/mol. The molecule has 2 atom stereocenters. The van der Waals surface area contributed by atoms with Crippen LogP contribution in [0.5, 0.6) is 5.75 Å². The first-order valence-electron chi connectivity index (χ1n) is 14.2. The fraction of sp³-hybridized carbons (Fsp3) is 0.167. The molecule has 4 rings (SSSR count). The average Bonchev–Trinajstić information content (AvgIpc) is 3.02. The van der Waals surface area contributed by atoms with Crippen molar-refractivity contribution in [2.75, 3.05) is 0 Å². The molecule has 0 aliphatic carbocycles. The topological polar surface area (TPSA) is 193 Å². The number of carboxylic acid groups (broad SMARTS) is 2. The number of terminal acetylenes is 1. The van der Waals surface area contributed by atoms with Gasteiger partial charge >= 0.3 is 19.8 Å². The molecule has 4 aromatic rings. The molecule has 0 heterocycles. The van der Waals surface area contributed by atoms with Gasteiger partial charge in [0.15, 0.2) is 0 Å². The maximum atomic E-state index is 10.7. The van der Waals surface area contributed by atoms with Gasteiger partial charge < -0.3 is 26.2 Å². The fourth-order valence-corrected chi connectivity index (χ4v) is 4.06. The molecule has 11 heteroatoms. The number of phosphoric ester groups is 1. The maximum Gasteiger partial charge on any atom is 0.524 e. The predicted octanol–water partition coefficient (Wildman–Crippen LogP) is 4.44. The molecule has 8 N–H and O–H groups in total. The quantitative estimate of drug-likeness (QED) is 0.117. The highest BCUT2D eigenvalue weighted by atomic mass is 31.2. The van der Waals surface area contributed by atoms with Crippen molar-refractivity contribution in [1.82, 2.24) is 0 Å². The monoisotopic (exact) mass is 656 g/mol. The number of hydrogen-bond donors (Lipinski definition) is 6. The second-order valence-corrected chi connectivity index (χ2v) is 11.5. The minimum Gasteiger partial charge on any atom is -0.480 e. The number of rotatable bonds is 8. The van der Waals surface area contributed by atoms with Crippen molar-refractivity contribution >= 4 is 19.8 Å². The number of aliphatic carboxylic acids is 2. The Labute approximate surface area is 274 Å². The van der Waals surface area contributed by atoms with E-state index in [1.807, 2.05) is 86.6 Å². The van der Waals surface area contributed by atoms with Crippen molar-refractivity contribution in [2.24, 2.45) is 11.5 Å². The molecule has 244 valence electrons. The van der Waals surface area contributed by atoms with Gasteiger partial charge in [0.2, 0.25) is 0 Å². The van der Waals surface area contributed by atoms with Crippen LogP contribution in [0.15, 0.2) is 97.1 Å². The average molecular weight is 657 g/mol. The molecule has 0 saturated heterocycles. The van der Waals surface area contributed by atoms with E-state index in [1.54, 1.807) is 0 Å². The van der Waals surface area contributed by atoms with E-state index in [0.29, 0.717) is 12.0 Å². The minimum absolute atomic E-state index is 0.00554. The third-order valence-electron chi connectivity index (χ3n) is 6.27. The highest BCUT2D eigenvalue weighted by Crippen LogP contribution is 2.37. The summed E-state index contributed by atoms with van der Waals surface area (Å²) >= 11 is 0. The number of hydrogen-bond acceptors (Lipinski definition) is 6. The van der Waals surface area contributed by atoms with Crippen LogP contribution in [-0.4, -0.2) is 44.0 Å². The lowest BCUT2D eigenvalue weighted by Crippen LogP contribution is -2.32.